The highest BCUT2D eigenvalue weighted by Crippen LogP contribution is 2.24. The maximum atomic E-state index is 13.1. The number of nitrogens with two attached hydrogens (primary N) is 1. The summed E-state index contributed by atoms with van der Waals surface area (Å²) < 4.78 is 25.9. The van der Waals surface area contributed by atoms with Crippen molar-refractivity contribution in [3.05, 3.63) is 34.4 Å². The maximum absolute atomic E-state index is 13.1. The fourth-order valence-corrected chi connectivity index (χ4v) is 1.29. The van der Waals surface area contributed by atoms with Crippen molar-refractivity contribution in [1.82, 2.24) is 0 Å². The second-order valence-electron chi connectivity index (χ2n) is 2.91. The molecule has 1 aromatic rings. The van der Waals surface area contributed by atoms with Crippen LogP contribution in [0.15, 0.2) is 12.1 Å². The van der Waals surface area contributed by atoms with Crippen LogP contribution in [0.2, 0.25) is 5.02 Å². The fourth-order valence-electron chi connectivity index (χ4n) is 1.12. The molecule has 0 aliphatic rings. The molecule has 0 spiro atoms. The molecule has 3 N–H and O–H groups in total. The van der Waals surface area contributed by atoms with Gasteiger partial charge in [-0.2, -0.15) is 0 Å². The quantitative estimate of drug-likeness (QED) is 0.767. The molecule has 0 saturated carbocycles. The van der Waals surface area contributed by atoms with E-state index in [1.54, 1.807) is 0 Å². The van der Waals surface area contributed by atoms with E-state index in [-0.39, 0.29) is 23.6 Å². The van der Waals surface area contributed by atoms with E-state index in [0.717, 1.165) is 6.07 Å². The maximum Gasteiger partial charge on any atom is 0.144 e. The molecule has 2 nitrogen and oxygen atoms in total. The van der Waals surface area contributed by atoms with Crippen molar-refractivity contribution in [3.8, 4) is 0 Å². The molecule has 0 saturated heterocycles. The highest BCUT2D eigenvalue weighted by atomic mass is 35.5. The van der Waals surface area contributed by atoms with E-state index in [4.69, 9.17) is 22.4 Å². The Kier molecular flexibility index (Phi) is 3.80. The molecule has 0 bridgehead atoms. The first-order chi connectivity index (χ1) is 6.56. The summed E-state index contributed by atoms with van der Waals surface area (Å²) in [7, 11) is 0. The van der Waals surface area contributed by atoms with Crippen LogP contribution in [0.25, 0.3) is 0 Å². The summed E-state index contributed by atoms with van der Waals surface area (Å²) in [6.45, 7) is -0.157. The van der Waals surface area contributed by atoms with Crippen molar-refractivity contribution in [2.24, 2.45) is 5.73 Å². The van der Waals surface area contributed by atoms with Crippen LogP contribution in [0.5, 0.6) is 0 Å². The molecule has 0 aromatic heterocycles. The Morgan fingerprint density at radius 3 is 2.57 bits per heavy atom. The van der Waals surface area contributed by atoms with Crippen molar-refractivity contribution in [1.29, 1.82) is 0 Å². The fraction of sp³-hybridized carbons (Fsp3) is 0.333. The molecule has 14 heavy (non-hydrogen) atoms. The Bertz CT molecular complexity index is 333. The molecule has 0 radical (unpaired) electrons. The van der Waals surface area contributed by atoms with Gasteiger partial charge >= 0.3 is 0 Å². The summed E-state index contributed by atoms with van der Waals surface area (Å²) in [5, 5.41) is 8.43. The largest absolute Gasteiger partial charge is 0.396 e. The first-order valence-corrected chi connectivity index (χ1v) is 4.45. The standard InChI is InChI=1S/C9H10ClF2NO/c10-6-3-5(9(13)1-2-14)7(11)4-8(6)12/h3-4,9,14H,1-2,13H2. The zero-order chi connectivity index (χ0) is 10.7. The first-order valence-electron chi connectivity index (χ1n) is 4.07. The molecule has 0 amide bonds. The Morgan fingerprint density at radius 2 is 2.00 bits per heavy atom. The first kappa shape index (κ1) is 11.4. The lowest BCUT2D eigenvalue weighted by atomic mass is 10.0. The van der Waals surface area contributed by atoms with Crippen LogP contribution in [-0.2, 0) is 0 Å². The van der Waals surface area contributed by atoms with Crippen molar-refractivity contribution < 1.29 is 13.9 Å². The molecule has 1 aromatic carbocycles. The van der Waals surface area contributed by atoms with E-state index in [0.29, 0.717) is 6.07 Å². The van der Waals surface area contributed by atoms with Gasteiger partial charge in [0.25, 0.3) is 0 Å². The molecule has 0 aliphatic heterocycles. The topological polar surface area (TPSA) is 46.2 Å². The zero-order valence-electron chi connectivity index (χ0n) is 7.30. The molecular weight excluding hydrogens is 212 g/mol. The van der Waals surface area contributed by atoms with Gasteiger partial charge in [-0.05, 0) is 12.5 Å². The molecule has 0 heterocycles. The van der Waals surface area contributed by atoms with Gasteiger partial charge in [0.05, 0.1) is 5.02 Å². The lowest BCUT2D eigenvalue weighted by molar-refractivity contribution is 0.275. The van der Waals surface area contributed by atoms with Crippen molar-refractivity contribution in [2.75, 3.05) is 6.61 Å². The Morgan fingerprint density at radius 1 is 1.36 bits per heavy atom. The number of halogens is 3. The van der Waals surface area contributed by atoms with E-state index >= 15 is 0 Å². The Balaban J connectivity index is 3.02. The summed E-state index contributed by atoms with van der Waals surface area (Å²) in [5.74, 6) is -1.56. The third-order valence-electron chi connectivity index (χ3n) is 1.88. The third-order valence-corrected chi connectivity index (χ3v) is 2.17. The van der Waals surface area contributed by atoms with E-state index in [9.17, 15) is 8.78 Å². The minimum absolute atomic E-state index is 0.116. The smallest absolute Gasteiger partial charge is 0.144 e. The highest BCUT2D eigenvalue weighted by Gasteiger charge is 2.14. The Hall–Kier alpha value is -0.710. The van der Waals surface area contributed by atoms with Crippen LogP contribution in [0, 0.1) is 11.6 Å². The van der Waals surface area contributed by atoms with E-state index in [1.807, 2.05) is 0 Å². The minimum Gasteiger partial charge on any atom is -0.396 e. The summed E-state index contributed by atoms with van der Waals surface area (Å²) >= 11 is 5.47. The lowest BCUT2D eigenvalue weighted by Crippen LogP contribution is -2.14. The zero-order valence-corrected chi connectivity index (χ0v) is 8.06. The van der Waals surface area contributed by atoms with Crippen LogP contribution < -0.4 is 5.73 Å². The van der Waals surface area contributed by atoms with Gasteiger partial charge in [-0.25, -0.2) is 8.78 Å². The number of aliphatic hydroxyl groups is 1. The average molecular weight is 222 g/mol. The van der Waals surface area contributed by atoms with Gasteiger partial charge in [-0.15, -0.1) is 0 Å². The van der Waals surface area contributed by atoms with Gasteiger partial charge < -0.3 is 10.8 Å². The summed E-state index contributed by atoms with van der Waals surface area (Å²) in [5.41, 5.74) is 5.66. The predicted molar refractivity (Wildman–Crippen MR) is 50.0 cm³/mol. The Labute approximate surface area is 85.3 Å². The normalized spacial score (nSPS) is 12.9. The second kappa shape index (κ2) is 4.68. The molecule has 1 atom stereocenters. The van der Waals surface area contributed by atoms with Crippen LogP contribution >= 0.6 is 11.6 Å². The van der Waals surface area contributed by atoms with Gasteiger partial charge in [-0.1, -0.05) is 11.6 Å². The second-order valence-corrected chi connectivity index (χ2v) is 3.31. The average Bonchev–Trinajstić information content (AvgIpc) is 2.11. The summed E-state index contributed by atoms with van der Waals surface area (Å²) in [6, 6.07) is 1.17. The molecule has 1 unspecified atom stereocenters. The van der Waals surface area contributed by atoms with E-state index in [2.05, 4.69) is 0 Å². The van der Waals surface area contributed by atoms with Gasteiger partial charge in [0, 0.05) is 24.3 Å². The van der Waals surface area contributed by atoms with Gasteiger partial charge in [0.2, 0.25) is 0 Å². The molecule has 1 rings (SSSR count). The number of benzene rings is 1. The SMILES string of the molecule is NC(CCO)c1cc(Cl)c(F)cc1F. The van der Waals surface area contributed by atoms with Gasteiger partial charge in [-0.3, -0.25) is 0 Å². The molecule has 0 fully saturated rings. The molecular formula is C9H10ClF2NO. The number of rotatable bonds is 3. The molecule has 5 heteroatoms. The summed E-state index contributed by atoms with van der Waals surface area (Å²) in [4.78, 5) is 0. The van der Waals surface area contributed by atoms with E-state index < -0.39 is 17.7 Å². The minimum atomic E-state index is -0.816. The van der Waals surface area contributed by atoms with Crippen molar-refractivity contribution in [2.45, 2.75) is 12.5 Å². The van der Waals surface area contributed by atoms with Crippen molar-refractivity contribution in [3.63, 3.8) is 0 Å². The van der Waals surface area contributed by atoms with Gasteiger partial charge in [0.1, 0.15) is 11.6 Å². The predicted octanol–water partition coefficient (Wildman–Crippen LogP) is 2.00. The van der Waals surface area contributed by atoms with Gasteiger partial charge in [0.15, 0.2) is 0 Å². The lowest BCUT2D eigenvalue weighted by Gasteiger charge is -2.11. The van der Waals surface area contributed by atoms with Crippen LogP contribution in [0.4, 0.5) is 8.78 Å². The van der Waals surface area contributed by atoms with Crippen LogP contribution in [-0.4, -0.2) is 11.7 Å². The summed E-state index contributed by atoms with van der Waals surface area (Å²) in [6.07, 6.45) is 0.207. The molecule has 78 valence electrons. The number of hydrogen-bond acceptors (Lipinski definition) is 2. The number of aliphatic hydroxyl groups excluding tert-OH is 1. The molecule has 0 aliphatic carbocycles. The van der Waals surface area contributed by atoms with Crippen LogP contribution in [0.1, 0.15) is 18.0 Å². The van der Waals surface area contributed by atoms with Crippen LogP contribution in [0.3, 0.4) is 0 Å². The van der Waals surface area contributed by atoms with E-state index in [1.165, 1.54) is 0 Å². The third kappa shape index (κ3) is 2.41. The monoisotopic (exact) mass is 221 g/mol. The van der Waals surface area contributed by atoms with Crippen molar-refractivity contribution >= 4 is 11.6 Å². The number of hydrogen-bond donors (Lipinski definition) is 2. The highest BCUT2D eigenvalue weighted by molar-refractivity contribution is 6.30.